The molecule has 0 heterocycles. The van der Waals surface area contributed by atoms with Crippen molar-refractivity contribution in [2.45, 2.75) is 32.1 Å². The highest BCUT2D eigenvalue weighted by Crippen LogP contribution is 2.18. The Morgan fingerprint density at radius 2 is 1.82 bits per heavy atom. The molecule has 0 aliphatic carbocycles. The Kier molecular flexibility index (Phi) is 4.27. The Bertz CT molecular complexity index is 478. The van der Waals surface area contributed by atoms with Crippen LogP contribution < -0.4 is 4.72 Å². The van der Waals surface area contributed by atoms with Crippen molar-refractivity contribution in [3.05, 3.63) is 30.1 Å². The molecule has 0 saturated carbocycles. The largest absolute Gasteiger partial charge is 0.243 e. The lowest BCUT2D eigenvalue weighted by Gasteiger charge is -2.18. The Balaban J connectivity index is 2.74. The van der Waals surface area contributed by atoms with Crippen LogP contribution in [0.3, 0.4) is 0 Å². The lowest BCUT2D eigenvalue weighted by molar-refractivity contribution is 0.378. The minimum atomic E-state index is -3.74. The van der Waals surface area contributed by atoms with Crippen LogP contribution in [0.15, 0.2) is 29.2 Å². The summed E-state index contributed by atoms with van der Waals surface area (Å²) in [6.07, 6.45) is 0.695. The van der Waals surface area contributed by atoms with Crippen LogP contribution in [-0.2, 0) is 10.0 Å². The first-order valence-corrected chi connectivity index (χ1v) is 6.95. The second-order valence-electron chi connectivity index (χ2n) is 5.14. The first-order chi connectivity index (χ1) is 7.72. The van der Waals surface area contributed by atoms with E-state index in [2.05, 4.69) is 4.72 Å². The Morgan fingerprint density at radius 1 is 1.24 bits per heavy atom. The SMILES string of the molecule is CC(C)(C)CCNS(=O)(=O)c1ccccc1F. The fourth-order valence-electron chi connectivity index (χ4n) is 1.30. The highest BCUT2D eigenvalue weighted by atomic mass is 32.2. The van der Waals surface area contributed by atoms with Crippen LogP contribution in [0.5, 0.6) is 0 Å². The molecule has 3 nitrogen and oxygen atoms in total. The Morgan fingerprint density at radius 3 is 2.35 bits per heavy atom. The van der Waals surface area contributed by atoms with Gasteiger partial charge >= 0.3 is 0 Å². The van der Waals surface area contributed by atoms with Crippen molar-refractivity contribution in [1.82, 2.24) is 4.72 Å². The lowest BCUT2D eigenvalue weighted by atomic mass is 9.93. The molecule has 0 fully saturated rings. The van der Waals surface area contributed by atoms with Gasteiger partial charge in [0.1, 0.15) is 10.7 Å². The molecule has 1 rings (SSSR count). The molecule has 96 valence electrons. The quantitative estimate of drug-likeness (QED) is 0.903. The van der Waals surface area contributed by atoms with Crippen molar-refractivity contribution in [3.8, 4) is 0 Å². The predicted octanol–water partition coefficient (Wildman–Crippen LogP) is 2.54. The summed E-state index contributed by atoms with van der Waals surface area (Å²) in [4.78, 5) is -0.297. The van der Waals surface area contributed by atoms with E-state index in [0.29, 0.717) is 13.0 Å². The summed E-state index contributed by atoms with van der Waals surface area (Å²) in [6, 6.07) is 5.36. The minimum absolute atomic E-state index is 0.0394. The van der Waals surface area contributed by atoms with Gasteiger partial charge in [0.05, 0.1) is 0 Å². The maximum Gasteiger partial charge on any atom is 0.243 e. The van der Waals surface area contributed by atoms with Crippen LogP contribution in [0.2, 0.25) is 0 Å². The first kappa shape index (κ1) is 14.1. The van der Waals surface area contributed by atoms with E-state index in [1.807, 2.05) is 20.8 Å². The molecule has 0 saturated heterocycles. The standard InChI is InChI=1S/C12H18FNO2S/c1-12(2,3)8-9-14-17(15,16)11-7-5-4-6-10(11)13/h4-7,14H,8-9H2,1-3H3. The summed E-state index contributed by atoms with van der Waals surface area (Å²) in [6.45, 7) is 6.36. The van der Waals surface area contributed by atoms with Gasteiger partial charge < -0.3 is 0 Å². The van der Waals surface area contributed by atoms with Crippen LogP contribution in [-0.4, -0.2) is 15.0 Å². The van der Waals surface area contributed by atoms with Gasteiger partial charge in [-0.1, -0.05) is 32.9 Å². The van der Waals surface area contributed by atoms with Crippen LogP contribution in [0.1, 0.15) is 27.2 Å². The van der Waals surface area contributed by atoms with E-state index in [1.54, 1.807) is 0 Å². The van der Waals surface area contributed by atoms with Crippen LogP contribution in [0.25, 0.3) is 0 Å². The Labute approximate surface area is 102 Å². The lowest BCUT2D eigenvalue weighted by Crippen LogP contribution is -2.28. The summed E-state index contributed by atoms with van der Waals surface area (Å²) in [5, 5.41) is 0. The van der Waals surface area contributed by atoms with Crippen molar-refractivity contribution < 1.29 is 12.8 Å². The third kappa shape index (κ3) is 4.44. The van der Waals surface area contributed by atoms with E-state index in [9.17, 15) is 12.8 Å². The van der Waals surface area contributed by atoms with Gasteiger partial charge in [0.25, 0.3) is 0 Å². The van der Waals surface area contributed by atoms with Crippen molar-refractivity contribution in [3.63, 3.8) is 0 Å². The zero-order valence-corrected chi connectivity index (χ0v) is 11.1. The Hall–Kier alpha value is -0.940. The van der Waals surface area contributed by atoms with E-state index in [4.69, 9.17) is 0 Å². The summed E-state index contributed by atoms with van der Waals surface area (Å²) in [5.74, 6) is -0.726. The van der Waals surface area contributed by atoms with Gasteiger partial charge in [-0.05, 0) is 24.0 Å². The van der Waals surface area contributed by atoms with E-state index >= 15 is 0 Å². The van der Waals surface area contributed by atoms with Gasteiger partial charge in [0.2, 0.25) is 10.0 Å². The van der Waals surface area contributed by atoms with Gasteiger partial charge in [-0.15, -0.1) is 0 Å². The van der Waals surface area contributed by atoms with Gasteiger partial charge in [-0.25, -0.2) is 17.5 Å². The number of benzene rings is 1. The molecule has 0 radical (unpaired) electrons. The fourth-order valence-corrected chi connectivity index (χ4v) is 2.41. The highest BCUT2D eigenvalue weighted by molar-refractivity contribution is 7.89. The monoisotopic (exact) mass is 259 g/mol. The second kappa shape index (κ2) is 5.14. The van der Waals surface area contributed by atoms with Crippen molar-refractivity contribution in [2.75, 3.05) is 6.54 Å². The summed E-state index contributed by atoms with van der Waals surface area (Å²) in [7, 11) is -3.74. The van der Waals surface area contributed by atoms with Gasteiger partial charge in [-0.3, -0.25) is 0 Å². The summed E-state index contributed by atoms with van der Waals surface area (Å²) in [5.41, 5.74) is 0.0394. The van der Waals surface area contributed by atoms with Crippen molar-refractivity contribution >= 4 is 10.0 Å². The molecule has 0 unspecified atom stereocenters. The van der Waals surface area contributed by atoms with Crippen molar-refractivity contribution in [1.29, 1.82) is 0 Å². The summed E-state index contributed by atoms with van der Waals surface area (Å²) >= 11 is 0. The highest BCUT2D eigenvalue weighted by Gasteiger charge is 2.19. The van der Waals surface area contributed by atoms with Gasteiger partial charge in [-0.2, -0.15) is 0 Å². The number of halogens is 1. The van der Waals surface area contributed by atoms with Gasteiger partial charge in [0.15, 0.2) is 0 Å². The maximum atomic E-state index is 13.3. The molecule has 1 N–H and O–H groups in total. The molecule has 0 amide bonds. The molecular formula is C12H18FNO2S. The topological polar surface area (TPSA) is 46.2 Å². The van der Waals surface area contributed by atoms with E-state index < -0.39 is 15.8 Å². The number of hydrogen-bond acceptors (Lipinski definition) is 2. The molecular weight excluding hydrogens is 241 g/mol. The van der Waals surface area contributed by atoms with Crippen LogP contribution in [0, 0.1) is 11.2 Å². The number of rotatable bonds is 4. The smallest absolute Gasteiger partial charge is 0.211 e. The zero-order valence-electron chi connectivity index (χ0n) is 10.3. The number of hydrogen-bond donors (Lipinski definition) is 1. The molecule has 0 aromatic heterocycles. The van der Waals surface area contributed by atoms with E-state index in [-0.39, 0.29) is 10.3 Å². The molecule has 5 heteroatoms. The van der Waals surface area contributed by atoms with Crippen molar-refractivity contribution in [2.24, 2.45) is 5.41 Å². The fraction of sp³-hybridized carbons (Fsp3) is 0.500. The third-order valence-electron chi connectivity index (χ3n) is 2.29. The maximum absolute atomic E-state index is 13.3. The average molecular weight is 259 g/mol. The zero-order chi connectivity index (χ0) is 13.1. The molecule has 1 aromatic carbocycles. The molecule has 0 aliphatic heterocycles. The summed E-state index contributed by atoms with van der Waals surface area (Å²) < 4.78 is 39.3. The molecule has 0 spiro atoms. The molecule has 0 aliphatic rings. The normalized spacial score (nSPS) is 12.7. The molecule has 17 heavy (non-hydrogen) atoms. The van der Waals surface area contributed by atoms with Crippen LogP contribution in [0.4, 0.5) is 4.39 Å². The van der Waals surface area contributed by atoms with E-state index in [1.165, 1.54) is 18.2 Å². The average Bonchev–Trinajstić information content (AvgIpc) is 2.15. The predicted molar refractivity (Wildman–Crippen MR) is 65.7 cm³/mol. The van der Waals surface area contributed by atoms with Gasteiger partial charge in [0, 0.05) is 6.54 Å². The first-order valence-electron chi connectivity index (χ1n) is 5.47. The molecule has 1 aromatic rings. The minimum Gasteiger partial charge on any atom is -0.211 e. The number of nitrogens with one attached hydrogen (secondary N) is 1. The molecule has 0 bridgehead atoms. The van der Waals surface area contributed by atoms with E-state index in [0.717, 1.165) is 6.07 Å². The third-order valence-corrected chi connectivity index (χ3v) is 3.79. The van der Waals surface area contributed by atoms with Crippen LogP contribution >= 0.6 is 0 Å². The second-order valence-corrected chi connectivity index (χ2v) is 6.87. The number of sulfonamides is 1. The molecule has 0 atom stereocenters.